The first-order chi connectivity index (χ1) is 13.5. The summed E-state index contributed by atoms with van der Waals surface area (Å²) in [4.78, 5) is 17.4. The third-order valence-electron chi connectivity index (χ3n) is 4.40. The molecule has 0 unspecified atom stereocenters. The first-order valence-electron chi connectivity index (χ1n) is 8.86. The van der Waals surface area contributed by atoms with Gasteiger partial charge in [0.1, 0.15) is 0 Å². The molecule has 0 aliphatic heterocycles. The van der Waals surface area contributed by atoms with Gasteiger partial charge in [-0.05, 0) is 59.6 Å². The summed E-state index contributed by atoms with van der Waals surface area (Å²) in [6, 6.07) is 13.2. The van der Waals surface area contributed by atoms with Crippen molar-refractivity contribution in [2.75, 3.05) is 13.7 Å². The highest BCUT2D eigenvalue weighted by Crippen LogP contribution is 2.36. The fraction of sp³-hybridized carbons (Fsp3) is 0.238. The van der Waals surface area contributed by atoms with Crippen LogP contribution < -0.4 is 15.0 Å². The van der Waals surface area contributed by atoms with E-state index in [9.17, 15) is 4.79 Å². The van der Waals surface area contributed by atoms with Crippen LogP contribution in [-0.2, 0) is 7.05 Å². The van der Waals surface area contributed by atoms with Gasteiger partial charge in [-0.1, -0.05) is 18.2 Å². The van der Waals surface area contributed by atoms with E-state index in [1.165, 1.54) is 0 Å². The highest BCUT2D eigenvalue weighted by Gasteiger charge is 2.15. The molecule has 0 saturated carbocycles. The van der Waals surface area contributed by atoms with Crippen molar-refractivity contribution in [2.45, 2.75) is 13.8 Å². The Kier molecular flexibility index (Phi) is 6.04. The molecule has 3 rings (SSSR count). The molecule has 0 bridgehead atoms. The van der Waals surface area contributed by atoms with E-state index in [4.69, 9.17) is 9.47 Å². The smallest absolute Gasteiger partial charge is 0.297 e. The minimum absolute atomic E-state index is 0.167. The van der Waals surface area contributed by atoms with Gasteiger partial charge < -0.3 is 9.47 Å². The van der Waals surface area contributed by atoms with Crippen molar-refractivity contribution in [3.8, 4) is 17.2 Å². The predicted octanol–water partition coefficient (Wildman–Crippen LogP) is 4.40. The summed E-state index contributed by atoms with van der Waals surface area (Å²) < 4.78 is 15.2. The number of ether oxygens (including phenoxy) is 2. The fourth-order valence-electron chi connectivity index (χ4n) is 2.97. The maximum atomic E-state index is 12.9. The van der Waals surface area contributed by atoms with Gasteiger partial charge in [0.05, 0.1) is 29.6 Å². The van der Waals surface area contributed by atoms with Crippen LogP contribution in [0.4, 0.5) is 5.69 Å². The van der Waals surface area contributed by atoms with Crippen molar-refractivity contribution in [3.05, 3.63) is 68.5 Å². The molecule has 0 saturated heterocycles. The first kappa shape index (κ1) is 19.9. The van der Waals surface area contributed by atoms with Gasteiger partial charge in [-0.25, -0.2) is 9.67 Å². The van der Waals surface area contributed by atoms with E-state index in [0.717, 1.165) is 21.4 Å². The number of nitrogens with zero attached hydrogens (tertiary/aromatic N) is 3. The Morgan fingerprint density at radius 1 is 1.21 bits per heavy atom. The number of hydrogen-bond acceptors (Lipinski definition) is 4. The zero-order valence-corrected chi connectivity index (χ0v) is 17.9. The fourth-order valence-corrected chi connectivity index (χ4v) is 3.59. The second kappa shape index (κ2) is 8.48. The van der Waals surface area contributed by atoms with Crippen LogP contribution >= 0.6 is 15.9 Å². The van der Waals surface area contributed by atoms with E-state index in [-0.39, 0.29) is 5.56 Å². The summed E-state index contributed by atoms with van der Waals surface area (Å²) in [5.74, 6) is 1.24. The number of aliphatic imine (C=N–C) groups is 1. The molecule has 0 fully saturated rings. The van der Waals surface area contributed by atoms with Crippen molar-refractivity contribution in [2.24, 2.45) is 12.0 Å². The molecule has 0 aliphatic rings. The Labute approximate surface area is 172 Å². The van der Waals surface area contributed by atoms with Crippen molar-refractivity contribution in [1.82, 2.24) is 9.36 Å². The number of hydrogen-bond donors (Lipinski definition) is 0. The molecule has 0 atom stereocenters. The van der Waals surface area contributed by atoms with Crippen molar-refractivity contribution >= 4 is 27.8 Å². The molecule has 0 aliphatic carbocycles. The summed E-state index contributed by atoms with van der Waals surface area (Å²) in [5.41, 5.74) is 2.61. The van der Waals surface area contributed by atoms with Crippen LogP contribution in [0, 0.1) is 6.92 Å². The zero-order valence-electron chi connectivity index (χ0n) is 16.3. The number of para-hydroxylation sites is 1. The Morgan fingerprint density at radius 3 is 2.57 bits per heavy atom. The molecular weight excluding hydrogens is 422 g/mol. The Hall–Kier alpha value is -2.80. The minimum atomic E-state index is -0.167. The molecule has 0 amide bonds. The number of halogens is 1. The van der Waals surface area contributed by atoms with Gasteiger partial charge >= 0.3 is 0 Å². The van der Waals surface area contributed by atoms with Crippen LogP contribution in [0.1, 0.15) is 18.2 Å². The normalized spacial score (nSPS) is 11.2. The summed E-state index contributed by atoms with van der Waals surface area (Å²) in [6.07, 6.45) is 1.66. The second-order valence-corrected chi connectivity index (χ2v) is 6.99. The number of methoxy groups -OCH3 is 1. The molecule has 2 aromatic carbocycles. The Balaban J connectivity index is 2.03. The second-order valence-electron chi connectivity index (χ2n) is 6.14. The average molecular weight is 444 g/mol. The lowest BCUT2D eigenvalue weighted by molar-refractivity contribution is 0.310. The van der Waals surface area contributed by atoms with Crippen molar-refractivity contribution < 1.29 is 9.47 Å². The molecular formula is C21H22BrN3O3. The van der Waals surface area contributed by atoms with Gasteiger partial charge in [-0.2, -0.15) is 0 Å². The molecule has 7 heteroatoms. The third kappa shape index (κ3) is 3.75. The predicted molar refractivity (Wildman–Crippen MR) is 115 cm³/mol. The Morgan fingerprint density at radius 2 is 1.93 bits per heavy atom. The van der Waals surface area contributed by atoms with Gasteiger partial charge in [0.25, 0.3) is 5.56 Å². The van der Waals surface area contributed by atoms with Crippen molar-refractivity contribution in [1.29, 1.82) is 0 Å². The summed E-state index contributed by atoms with van der Waals surface area (Å²) in [5, 5.41) is 0. The lowest BCUT2D eigenvalue weighted by atomic mass is 10.2. The third-order valence-corrected chi connectivity index (χ3v) is 4.99. The maximum Gasteiger partial charge on any atom is 0.297 e. The van der Waals surface area contributed by atoms with Crippen LogP contribution in [0.3, 0.4) is 0 Å². The van der Waals surface area contributed by atoms with Gasteiger partial charge in [-0.15, -0.1) is 0 Å². The quantitative estimate of drug-likeness (QED) is 0.530. The van der Waals surface area contributed by atoms with Gasteiger partial charge in [0, 0.05) is 13.3 Å². The summed E-state index contributed by atoms with van der Waals surface area (Å²) in [6.45, 7) is 4.31. The molecule has 0 spiro atoms. The SMILES string of the molecule is CCOc1cc(C=Nc2c(C)n(C)n(-c3ccccc3)c2=O)cc(Br)c1OC. The first-order valence-corrected chi connectivity index (χ1v) is 9.65. The van der Waals surface area contributed by atoms with E-state index < -0.39 is 0 Å². The summed E-state index contributed by atoms with van der Waals surface area (Å²) >= 11 is 3.49. The van der Waals surface area contributed by atoms with Gasteiger partial charge in [0.2, 0.25) is 0 Å². The molecule has 28 heavy (non-hydrogen) atoms. The Bertz CT molecular complexity index is 1070. The van der Waals surface area contributed by atoms with E-state index in [1.54, 1.807) is 22.7 Å². The molecule has 1 aromatic heterocycles. The van der Waals surface area contributed by atoms with Crippen molar-refractivity contribution in [3.63, 3.8) is 0 Å². The summed E-state index contributed by atoms with van der Waals surface area (Å²) in [7, 11) is 3.44. The maximum absolute atomic E-state index is 12.9. The average Bonchev–Trinajstić information content (AvgIpc) is 2.89. The van der Waals surface area contributed by atoms with Crippen LogP contribution in [0.2, 0.25) is 0 Å². The number of rotatable bonds is 6. The lowest BCUT2D eigenvalue weighted by Crippen LogP contribution is -2.19. The van der Waals surface area contributed by atoms with Gasteiger partial charge in [0.15, 0.2) is 17.2 Å². The largest absolute Gasteiger partial charge is 0.492 e. The van der Waals surface area contributed by atoms with Gasteiger partial charge in [-0.3, -0.25) is 9.48 Å². The zero-order chi connectivity index (χ0) is 20.3. The number of benzene rings is 2. The highest BCUT2D eigenvalue weighted by molar-refractivity contribution is 9.10. The van der Waals surface area contributed by atoms with Crippen LogP contribution in [0.5, 0.6) is 11.5 Å². The minimum Gasteiger partial charge on any atom is -0.492 e. The van der Waals surface area contributed by atoms with Crippen LogP contribution in [0.15, 0.2) is 56.7 Å². The molecule has 1 heterocycles. The van der Waals surface area contributed by atoms with E-state index in [0.29, 0.717) is 23.8 Å². The van der Waals surface area contributed by atoms with Crippen LogP contribution in [0.25, 0.3) is 5.69 Å². The van der Waals surface area contributed by atoms with E-state index in [2.05, 4.69) is 20.9 Å². The molecule has 0 N–H and O–H groups in total. The standard InChI is InChI=1S/C21H22BrN3O3/c1-5-28-18-12-15(11-17(22)20(18)27-4)13-23-19-14(2)24(3)25(21(19)26)16-9-7-6-8-10-16/h6-13H,5H2,1-4H3. The van der Waals surface area contributed by atoms with E-state index in [1.807, 2.05) is 63.4 Å². The monoisotopic (exact) mass is 443 g/mol. The van der Waals surface area contributed by atoms with Crippen LogP contribution in [-0.4, -0.2) is 29.3 Å². The van der Waals surface area contributed by atoms with E-state index >= 15 is 0 Å². The lowest BCUT2D eigenvalue weighted by Gasteiger charge is -2.11. The molecule has 6 nitrogen and oxygen atoms in total. The topological polar surface area (TPSA) is 57.8 Å². The molecule has 146 valence electrons. The molecule has 3 aromatic rings. The molecule has 0 radical (unpaired) electrons. The number of aromatic nitrogens is 2. The highest BCUT2D eigenvalue weighted by atomic mass is 79.9.